The monoisotopic (exact) mass is 326 g/mol. The number of fused-ring (bicyclic) bond motifs is 3. The second-order valence-corrected chi connectivity index (χ2v) is 7.19. The van der Waals surface area contributed by atoms with E-state index in [-0.39, 0.29) is 0 Å². The molecule has 0 spiro atoms. The minimum Gasteiger partial charge on any atom is -0.497 e. The summed E-state index contributed by atoms with van der Waals surface area (Å²) in [6, 6.07) is 7.70. The van der Waals surface area contributed by atoms with Crippen LogP contribution in [0.1, 0.15) is 34.4 Å². The molecular weight excluding hydrogens is 308 g/mol. The van der Waals surface area contributed by atoms with Crippen LogP contribution in [-0.2, 0) is 12.8 Å². The number of hydrogen-bond donors (Lipinski definition) is 0. The molecule has 0 saturated heterocycles. The van der Waals surface area contributed by atoms with Crippen molar-refractivity contribution in [1.82, 2.24) is 9.38 Å². The van der Waals surface area contributed by atoms with Crippen molar-refractivity contribution in [3.05, 3.63) is 40.5 Å². The number of hydrogen-bond acceptors (Lipinski definition) is 4. The van der Waals surface area contributed by atoms with Crippen molar-refractivity contribution >= 4 is 22.6 Å². The smallest absolute Gasteiger partial charge is 0.195 e. The Kier molecular flexibility index (Phi) is 3.45. The van der Waals surface area contributed by atoms with Gasteiger partial charge in [0.15, 0.2) is 11.2 Å². The average Bonchev–Trinajstić information content (AvgIpc) is 3.09. The maximum atomic E-state index is 11.8. The van der Waals surface area contributed by atoms with Crippen LogP contribution in [0.15, 0.2) is 24.3 Å². The van der Waals surface area contributed by atoms with Crippen LogP contribution >= 0.6 is 11.3 Å². The second kappa shape index (κ2) is 5.49. The lowest BCUT2D eigenvalue weighted by molar-refractivity contribution is 0.111. The van der Waals surface area contributed by atoms with Crippen molar-refractivity contribution in [1.29, 1.82) is 0 Å². The molecule has 4 nitrogen and oxygen atoms in total. The third-order valence-corrected chi connectivity index (χ3v) is 5.68. The summed E-state index contributed by atoms with van der Waals surface area (Å²) in [5, 5.41) is 0. The molecule has 0 aliphatic heterocycles. The van der Waals surface area contributed by atoms with Gasteiger partial charge in [-0.2, -0.15) is 0 Å². The Morgan fingerprint density at radius 3 is 2.83 bits per heavy atom. The maximum Gasteiger partial charge on any atom is 0.195 e. The van der Waals surface area contributed by atoms with Crippen LogP contribution in [0.5, 0.6) is 5.75 Å². The van der Waals surface area contributed by atoms with E-state index in [1.165, 1.54) is 17.0 Å². The molecule has 0 radical (unpaired) electrons. The van der Waals surface area contributed by atoms with E-state index in [0.717, 1.165) is 41.1 Å². The first-order valence-corrected chi connectivity index (χ1v) is 8.65. The van der Waals surface area contributed by atoms with Crippen molar-refractivity contribution in [3.63, 3.8) is 0 Å². The van der Waals surface area contributed by atoms with Gasteiger partial charge in [0.2, 0.25) is 0 Å². The Labute approximate surface area is 138 Å². The molecule has 1 aliphatic carbocycles. The lowest BCUT2D eigenvalue weighted by Gasteiger charge is -2.17. The first kappa shape index (κ1) is 14.5. The largest absolute Gasteiger partial charge is 0.497 e. The fourth-order valence-corrected chi connectivity index (χ4v) is 4.65. The predicted molar refractivity (Wildman–Crippen MR) is 91.6 cm³/mol. The van der Waals surface area contributed by atoms with E-state index in [0.29, 0.717) is 11.6 Å². The molecule has 1 aliphatic rings. The van der Waals surface area contributed by atoms with Crippen LogP contribution in [0.4, 0.5) is 0 Å². The molecular formula is C18H18N2O2S. The highest BCUT2D eigenvalue weighted by atomic mass is 32.1. The van der Waals surface area contributed by atoms with Gasteiger partial charge in [-0.25, -0.2) is 4.98 Å². The highest BCUT2D eigenvalue weighted by Gasteiger charge is 2.25. The lowest BCUT2D eigenvalue weighted by atomic mass is 9.93. The van der Waals surface area contributed by atoms with E-state index < -0.39 is 0 Å². The molecule has 1 aromatic carbocycles. The number of aromatic nitrogens is 2. The number of thiazole rings is 1. The van der Waals surface area contributed by atoms with Gasteiger partial charge in [-0.3, -0.25) is 9.20 Å². The summed E-state index contributed by atoms with van der Waals surface area (Å²) in [4.78, 5) is 18.8. The standard InChI is InChI=1S/C18H18N2O2S/c1-11-3-8-14-16(9-11)23-18-19-17(15(10-21)20(14)18)12-4-6-13(22-2)7-5-12/h4-7,10-11H,3,8-9H2,1-2H3. The Bertz CT molecular complexity index is 877. The summed E-state index contributed by atoms with van der Waals surface area (Å²) < 4.78 is 7.26. The third kappa shape index (κ3) is 2.27. The molecule has 0 bridgehead atoms. The number of methoxy groups -OCH3 is 1. The number of nitrogens with zero attached hydrogens (tertiary/aromatic N) is 2. The maximum absolute atomic E-state index is 11.8. The van der Waals surface area contributed by atoms with E-state index in [2.05, 4.69) is 11.3 Å². The van der Waals surface area contributed by atoms with Gasteiger partial charge in [0, 0.05) is 16.1 Å². The molecule has 3 aromatic rings. The van der Waals surface area contributed by atoms with E-state index in [4.69, 9.17) is 9.72 Å². The van der Waals surface area contributed by atoms with Crippen molar-refractivity contribution < 1.29 is 9.53 Å². The fourth-order valence-electron chi connectivity index (χ4n) is 3.32. The Morgan fingerprint density at radius 1 is 1.35 bits per heavy atom. The average molecular weight is 326 g/mol. The molecule has 23 heavy (non-hydrogen) atoms. The molecule has 1 atom stereocenters. The minimum atomic E-state index is 0.664. The number of imidazole rings is 1. The number of carbonyl (C=O) groups is 1. The number of aryl methyl sites for hydroxylation is 1. The highest BCUT2D eigenvalue weighted by Crippen LogP contribution is 2.36. The Morgan fingerprint density at radius 2 is 2.13 bits per heavy atom. The molecule has 0 fully saturated rings. The summed E-state index contributed by atoms with van der Waals surface area (Å²) in [7, 11) is 1.64. The molecule has 0 saturated carbocycles. The summed E-state index contributed by atoms with van der Waals surface area (Å²) >= 11 is 1.72. The SMILES string of the molecule is COc1ccc(-c2nc3sc4c(n3c2C=O)CCC(C)C4)cc1. The van der Waals surface area contributed by atoms with Gasteiger partial charge in [-0.05, 0) is 49.4 Å². The van der Waals surface area contributed by atoms with Gasteiger partial charge in [-0.15, -0.1) is 11.3 Å². The lowest BCUT2D eigenvalue weighted by Crippen LogP contribution is -2.11. The Balaban J connectivity index is 1.87. The van der Waals surface area contributed by atoms with Crippen LogP contribution in [0, 0.1) is 5.92 Å². The molecule has 0 amide bonds. The zero-order valence-corrected chi connectivity index (χ0v) is 14.0. The molecule has 5 heteroatoms. The van der Waals surface area contributed by atoms with Crippen LogP contribution in [0.2, 0.25) is 0 Å². The zero-order valence-electron chi connectivity index (χ0n) is 13.2. The van der Waals surface area contributed by atoms with Crippen molar-refractivity contribution in [2.45, 2.75) is 26.2 Å². The molecule has 0 N–H and O–H groups in total. The van der Waals surface area contributed by atoms with Gasteiger partial charge in [-0.1, -0.05) is 6.92 Å². The Hall–Kier alpha value is -2.14. The summed E-state index contributed by atoms with van der Waals surface area (Å²) in [5.74, 6) is 1.51. The van der Waals surface area contributed by atoms with Crippen LogP contribution in [-0.4, -0.2) is 22.8 Å². The van der Waals surface area contributed by atoms with E-state index in [9.17, 15) is 4.79 Å². The number of carbonyl (C=O) groups excluding carboxylic acids is 1. The van der Waals surface area contributed by atoms with Crippen LogP contribution < -0.4 is 4.74 Å². The summed E-state index contributed by atoms with van der Waals surface area (Å²) in [6.45, 7) is 2.29. The number of benzene rings is 1. The highest BCUT2D eigenvalue weighted by molar-refractivity contribution is 7.17. The zero-order chi connectivity index (χ0) is 16.0. The summed E-state index contributed by atoms with van der Waals surface area (Å²) in [5.41, 5.74) is 3.65. The third-order valence-electron chi connectivity index (χ3n) is 4.57. The van der Waals surface area contributed by atoms with Crippen molar-refractivity contribution in [3.8, 4) is 17.0 Å². The molecule has 2 aromatic heterocycles. The topological polar surface area (TPSA) is 43.6 Å². The number of aldehydes is 1. The first-order valence-electron chi connectivity index (χ1n) is 7.84. The summed E-state index contributed by atoms with van der Waals surface area (Å²) in [6.07, 6.45) is 4.23. The molecule has 1 unspecified atom stereocenters. The first-order chi connectivity index (χ1) is 11.2. The van der Waals surface area contributed by atoms with Gasteiger partial charge in [0.25, 0.3) is 0 Å². The van der Waals surface area contributed by atoms with Gasteiger partial charge >= 0.3 is 0 Å². The van der Waals surface area contributed by atoms with Crippen LogP contribution in [0.3, 0.4) is 0 Å². The molecule has 2 heterocycles. The molecule has 4 rings (SSSR count). The quantitative estimate of drug-likeness (QED) is 0.683. The van der Waals surface area contributed by atoms with Gasteiger partial charge in [0.1, 0.15) is 17.1 Å². The van der Waals surface area contributed by atoms with E-state index >= 15 is 0 Å². The number of ether oxygens (including phenoxy) is 1. The normalized spacial score (nSPS) is 17.2. The van der Waals surface area contributed by atoms with E-state index in [1.807, 2.05) is 24.3 Å². The second-order valence-electron chi connectivity index (χ2n) is 6.13. The fraction of sp³-hybridized carbons (Fsp3) is 0.333. The van der Waals surface area contributed by atoms with E-state index in [1.54, 1.807) is 18.4 Å². The minimum absolute atomic E-state index is 0.664. The van der Waals surface area contributed by atoms with Crippen LogP contribution in [0.25, 0.3) is 16.2 Å². The van der Waals surface area contributed by atoms with Gasteiger partial charge < -0.3 is 4.74 Å². The van der Waals surface area contributed by atoms with Crippen molar-refractivity contribution in [2.24, 2.45) is 5.92 Å². The van der Waals surface area contributed by atoms with Crippen molar-refractivity contribution in [2.75, 3.05) is 7.11 Å². The predicted octanol–water partition coefficient (Wildman–Crippen LogP) is 4.01. The number of rotatable bonds is 3. The molecule has 118 valence electrons. The van der Waals surface area contributed by atoms with Gasteiger partial charge in [0.05, 0.1) is 7.11 Å².